The maximum Gasteiger partial charge on any atom is 0.261 e. The second kappa shape index (κ2) is 7.99. The maximum atomic E-state index is 13.0. The molecule has 156 valence electrons. The fourth-order valence-corrected chi connectivity index (χ4v) is 4.55. The molecule has 0 fully saturated rings. The van der Waals surface area contributed by atoms with Crippen molar-refractivity contribution in [1.29, 1.82) is 0 Å². The van der Waals surface area contributed by atoms with Crippen molar-refractivity contribution in [2.24, 2.45) is 0 Å². The Morgan fingerprint density at radius 1 is 1.00 bits per heavy atom. The number of rotatable bonds is 3. The van der Waals surface area contributed by atoms with Crippen LogP contribution in [0.1, 0.15) is 54.0 Å². The highest BCUT2D eigenvalue weighted by molar-refractivity contribution is 5.98. The Balaban J connectivity index is 1.46. The van der Waals surface area contributed by atoms with Gasteiger partial charge < -0.3 is 5.32 Å². The summed E-state index contributed by atoms with van der Waals surface area (Å²) in [6.07, 6.45) is 3.96. The number of nitrogens with one attached hydrogen (secondary N) is 1. The number of amides is 1. The van der Waals surface area contributed by atoms with Gasteiger partial charge in [-0.1, -0.05) is 48.9 Å². The van der Waals surface area contributed by atoms with Crippen molar-refractivity contribution in [2.45, 2.75) is 45.2 Å². The number of carbonyl (C=O) groups is 1. The molecule has 0 radical (unpaired) electrons. The molecule has 3 aromatic carbocycles. The van der Waals surface area contributed by atoms with Crippen LogP contribution in [-0.4, -0.2) is 15.5 Å². The lowest BCUT2D eigenvalue weighted by atomic mass is 9.99. The highest BCUT2D eigenvalue weighted by Gasteiger charge is 2.17. The number of benzene rings is 3. The second-order valence-corrected chi connectivity index (χ2v) is 8.29. The number of nitrogens with zero attached hydrogens (tertiary/aromatic N) is 2. The molecule has 1 aliphatic rings. The number of aromatic nitrogens is 2. The summed E-state index contributed by atoms with van der Waals surface area (Å²) in [5.41, 5.74) is 2.19. The van der Waals surface area contributed by atoms with E-state index < -0.39 is 0 Å². The fraction of sp³-hybridized carbons (Fsp3) is 0.269. The van der Waals surface area contributed by atoms with Crippen molar-refractivity contribution in [1.82, 2.24) is 14.9 Å². The first kappa shape index (κ1) is 19.5. The minimum absolute atomic E-state index is 0.00187. The van der Waals surface area contributed by atoms with Gasteiger partial charge in [0, 0.05) is 18.5 Å². The third-order valence-electron chi connectivity index (χ3n) is 6.22. The third-order valence-corrected chi connectivity index (χ3v) is 6.22. The molecule has 1 unspecified atom stereocenters. The molecule has 1 amide bonds. The van der Waals surface area contributed by atoms with Crippen LogP contribution >= 0.6 is 0 Å². The molecule has 5 nitrogen and oxygen atoms in total. The van der Waals surface area contributed by atoms with E-state index in [2.05, 4.69) is 23.5 Å². The number of aryl methyl sites for hydroxylation is 1. The van der Waals surface area contributed by atoms with Crippen LogP contribution in [-0.2, 0) is 13.0 Å². The molecule has 1 aliphatic heterocycles. The topological polar surface area (TPSA) is 64.0 Å². The molecule has 31 heavy (non-hydrogen) atoms. The van der Waals surface area contributed by atoms with Crippen LogP contribution < -0.4 is 10.9 Å². The van der Waals surface area contributed by atoms with E-state index >= 15 is 0 Å². The van der Waals surface area contributed by atoms with Gasteiger partial charge in [-0.3, -0.25) is 14.2 Å². The summed E-state index contributed by atoms with van der Waals surface area (Å²) in [6, 6.07) is 19.4. The van der Waals surface area contributed by atoms with E-state index in [0.29, 0.717) is 16.5 Å². The predicted octanol–water partition coefficient (Wildman–Crippen LogP) is 4.77. The van der Waals surface area contributed by atoms with Gasteiger partial charge >= 0.3 is 0 Å². The van der Waals surface area contributed by atoms with Crippen LogP contribution in [0.2, 0.25) is 0 Å². The van der Waals surface area contributed by atoms with E-state index in [-0.39, 0.29) is 17.5 Å². The largest absolute Gasteiger partial charge is 0.345 e. The molecule has 0 saturated heterocycles. The summed E-state index contributed by atoms with van der Waals surface area (Å²) in [5.74, 6) is 0.663. The first-order valence-corrected chi connectivity index (χ1v) is 10.9. The smallest absolute Gasteiger partial charge is 0.261 e. The van der Waals surface area contributed by atoms with Crippen LogP contribution in [0.3, 0.4) is 0 Å². The molecule has 0 bridgehead atoms. The molecule has 1 aromatic heterocycles. The molecule has 0 saturated carbocycles. The average Bonchev–Trinajstić information content (AvgIpc) is 3.04. The average molecular weight is 412 g/mol. The quantitative estimate of drug-likeness (QED) is 0.528. The predicted molar refractivity (Wildman–Crippen MR) is 123 cm³/mol. The summed E-state index contributed by atoms with van der Waals surface area (Å²) in [6.45, 7) is 2.72. The zero-order valence-electron chi connectivity index (χ0n) is 17.6. The van der Waals surface area contributed by atoms with Crippen molar-refractivity contribution in [3.63, 3.8) is 0 Å². The van der Waals surface area contributed by atoms with Gasteiger partial charge in [0.05, 0.1) is 16.9 Å². The van der Waals surface area contributed by atoms with Gasteiger partial charge in [-0.15, -0.1) is 0 Å². The van der Waals surface area contributed by atoms with Crippen LogP contribution in [0.4, 0.5) is 0 Å². The number of hydrogen-bond acceptors (Lipinski definition) is 3. The molecule has 0 spiro atoms. The fourth-order valence-electron chi connectivity index (χ4n) is 4.55. The Hall–Kier alpha value is -3.47. The van der Waals surface area contributed by atoms with Crippen LogP contribution in [0.15, 0.2) is 65.5 Å². The Labute approximate surface area is 180 Å². The molecular weight excluding hydrogens is 386 g/mol. The lowest BCUT2D eigenvalue weighted by molar-refractivity contribution is 0.0940. The molecule has 1 N–H and O–H groups in total. The monoisotopic (exact) mass is 411 g/mol. The first-order chi connectivity index (χ1) is 15.1. The third kappa shape index (κ3) is 3.61. The molecule has 1 atom stereocenters. The summed E-state index contributed by atoms with van der Waals surface area (Å²) < 4.78 is 1.80. The number of carbonyl (C=O) groups excluding carboxylic acids is 1. The summed E-state index contributed by atoms with van der Waals surface area (Å²) in [4.78, 5) is 30.7. The Morgan fingerprint density at radius 3 is 2.74 bits per heavy atom. The molecule has 5 rings (SSSR count). The van der Waals surface area contributed by atoms with Crippen LogP contribution in [0.25, 0.3) is 21.7 Å². The van der Waals surface area contributed by atoms with Gasteiger partial charge in [-0.25, -0.2) is 4.98 Å². The highest BCUT2D eigenvalue weighted by Crippen LogP contribution is 2.24. The maximum absolute atomic E-state index is 13.0. The van der Waals surface area contributed by atoms with Gasteiger partial charge in [0.2, 0.25) is 0 Å². The van der Waals surface area contributed by atoms with Crippen molar-refractivity contribution >= 4 is 27.6 Å². The Morgan fingerprint density at radius 2 is 1.84 bits per heavy atom. The van der Waals surface area contributed by atoms with Crippen molar-refractivity contribution < 1.29 is 4.79 Å². The van der Waals surface area contributed by atoms with E-state index in [9.17, 15) is 9.59 Å². The Bertz CT molecular complexity index is 1350. The number of hydrogen-bond donors (Lipinski definition) is 1. The van der Waals surface area contributed by atoms with Gasteiger partial charge in [0.15, 0.2) is 0 Å². The van der Waals surface area contributed by atoms with Crippen molar-refractivity contribution in [3.05, 3.63) is 88.0 Å². The van der Waals surface area contributed by atoms with E-state index in [1.54, 1.807) is 22.8 Å². The van der Waals surface area contributed by atoms with Crippen molar-refractivity contribution in [2.75, 3.05) is 0 Å². The minimum Gasteiger partial charge on any atom is -0.345 e. The standard InChI is InChI=1S/C26H25N3O2/c1-17(20-11-7-9-18-8-4-5-10-21(18)20)27-25(30)19-13-14-22-23(16-19)28-24-12-3-2-6-15-29(24)26(22)31/h4-5,7-11,13-14,16-17H,2-3,6,12,15H2,1H3,(H,27,30). The summed E-state index contributed by atoms with van der Waals surface area (Å²) in [7, 11) is 0. The minimum atomic E-state index is -0.167. The summed E-state index contributed by atoms with van der Waals surface area (Å²) in [5, 5.41) is 5.96. The second-order valence-electron chi connectivity index (χ2n) is 8.29. The molecule has 4 aromatic rings. The SMILES string of the molecule is CC(NC(=O)c1ccc2c(=O)n3c(nc2c1)CCCCC3)c1cccc2ccccc12. The lowest BCUT2D eigenvalue weighted by Gasteiger charge is -2.17. The Kier molecular flexibility index (Phi) is 5.02. The number of fused-ring (bicyclic) bond motifs is 3. The molecule has 0 aliphatic carbocycles. The van der Waals surface area contributed by atoms with Crippen molar-refractivity contribution in [3.8, 4) is 0 Å². The van der Waals surface area contributed by atoms with Gasteiger partial charge in [0.25, 0.3) is 11.5 Å². The van der Waals surface area contributed by atoms with Crippen LogP contribution in [0.5, 0.6) is 0 Å². The molecular formula is C26H25N3O2. The van der Waals surface area contributed by atoms with E-state index in [1.807, 2.05) is 31.2 Å². The highest BCUT2D eigenvalue weighted by atomic mass is 16.1. The van der Waals surface area contributed by atoms with E-state index in [4.69, 9.17) is 4.98 Å². The zero-order chi connectivity index (χ0) is 21.4. The van der Waals surface area contributed by atoms with Crippen LogP contribution in [0, 0.1) is 0 Å². The molecule has 2 heterocycles. The normalized spacial score (nSPS) is 14.7. The van der Waals surface area contributed by atoms with Gasteiger partial charge in [0.1, 0.15) is 5.82 Å². The van der Waals surface area contributed by atoms with Gasteiger partial charge in [-0.05, 0) is 54.3 Å². The van der Waals surface area contributed by atoms with E-state index in [1.165, 1.54) is 0 Å². The van der Waals surface area contributed by atoms with Gasteiger partial charge in [-0.2, -0.15) is 0 Å². The van der Waals surface area contributed by atoms with E-state index in [0.717, 1.165) is 54.4 Å². The summed E-state index contributed by atoms with van der Waals surface area (Å²) >= 11 is 0. The lowest BCUT2D eigenvalue weighted by Crippen LogP contribution is -2.27. The first-order valence-electron chi connectivity index (χ1n) is 10.9. The molecule has 5 heteroatoms. The zero-order valence-corrected chi connectivity index (χ0v) is 17.6.